The molecule has 96 valence electrons. The standard InChI is InChI=1S/C13H16N2O3/c1-3-4-11(2)14-9-10-18-13-7-5-12(6-8-13)15(16)17/h1,5-8,11,14H,4,9-10H2,2H3. The predicted octanol–water partition coefficient (Wildman–Crippen LogP) is 1.97. The lowest BCUT2D eigenvalue weighted by Gasteiger charge is -2.11. The lowest BCUT2D eigenvalue weighted by atomic mass is 10.2. The maximum atomic E-state index is 10.4. The second-order valence-corrected chi connectivity index (χ2v) is 3.86. The van der Waals surface area contributed by atoms with Crippen LogP contribution < -0.4 is 10.1 Å². The number of rotatable bonds is 7. The van der Waals surface area contributed by atoms with E-state index >= 15 is 0 Å². The van der Waals surface area contributed by atoms with E-state index in [0.717, 1.165) is 0 Å². The summed E-state index contributed by atoms with van der Waals surface area (Å²) in [5.41, 5.74) is 0.0584. The molecule has 0 aliphatic rings. The Labute approximate surface area is 106 Å². The molecule has 1 aromatic rings. The molecule has 18 heavy (non-hydrogen) atoms. The summed E-state index contributed by atoms with van der Waals surface area (Å²) < 4.78 is 5.43. The van der Waals surface area contributed by atoms with Gasteiger partial charge in [-0.25, -0.2) is 0 Å². The number of nitrogens with zero attached hydrogens (tertiary/aromatic N) is 1. The van der Waals surface area contributed by atoms with Crippen LogP contribution in [0.5, 0.6) is 5.75 Å². The van der Waals surface area contributed by atoms with Crippen molar-refractivity contribution in [2.45, 2.75) is 19.4 Å². The second-order valence-electron chi connectivity index (χ2n) is 3.86. The van der Waals surface area contributed by atoms with Crippen molar-refractivity contribution in [3.8, 4) is 18.1 Å². The number of nitrogens with one attached hydrogen (secondary N) is 1. The second kappa shape index (κ2) is 7.30. The summed E-state index contributed by atoms with van der Waals surface area (Å²) in [6.07, 6.45) is 5.87. The van der Waals surface area contributed by atoms with Gasteiger partial charge in [-0.1, -0.05) is 0 Å². The molecule has 0 aliphatic heterocycles. The zero-order chi connectivity index (χ0) is 13.4. The van der Waals surface area contributed by atoms with Crippen molar-refractivity contribution in [3.63, 3.8) is 0 Å². The molecule has 1 aromatic carbocycles. The summed E-state index contributed by atoms with van der Waals surface area (Å²) in [6.45, 7) is 3.18. The molecule has 0 amide bonds. The molecule has 1 rings (SSSR count). The summed E-state index contributed by atoms with van der Waals surface area (Å²) in [7, 11) is 0. The zero-order valence-corrected chi connectivity index (χ0v) is 10.3. The lowest BCUT2D eigenvalue weighted by molar-refractivity contribution is -0.384. The minimum absolute atomic E-state index is 0.0584. The van der Waals surface area contributed by atoms with Gasteiger partial charge in [0, 0.05) is 31.1 Å². The zero-order valence-electron chi connectivity index (χ0n) is 10.3. The number of hydrogen-bond donors (Lipinski definition) is 1. The van der Waals surface area contributed by atoms with E-state index in [1.165, 1.54) is 12.1 Å². The smallest absolute Gasteiger partial charge is 0.269 e. The molecular formula is C13H16N2O3. The number of terminal acetylenes is 1. The van der Waals surface area contributed by atoms with E-state index in [2.05, 4.69) is 11.2 Å². The first-order chi connectivity index (χ1) is 8.63. The molecule has 0 spiro atoms. The fraction of sp³-hybridized carbons (Fsp3) is 0.385. The summed E-state index contributed by atoms with van der Waals surface area (Å²) >= 11 is 0. The normalized spacial score (nSPS) is 11.6. The largest absolute Gasteiger partial charge is 0.492 e. The van der Waals surface area contributed by atoms with Crippen LogP contribution in [0.2, 0.25) is 0 Å². The molecule has 0 saturated heterocycles. The topological polar surface area (TPSA) is 64.4 Å². The molecule has 1 unspecified atom stereocenters. The van der Waals surface area contributed by atoms with Crippen LogP contribution in [-0.4, -0.2) is 24.1 Å². The minimum atomic E-state index is -0.438. The molecular weight excluding hydrogens is 232 g/mol. The van der Waals surface area contributed by atoms with Crippen molar-refractivity contribution in [1.29, 1.82) is 0 Å². The number of ether oxygens (including phenoxy) is 1. The highest BCUT2D eigenvalue weighted by molar-refractivity contribution is 5.35. The van der Waals surface area contributed by atoms with Crippen LogP contribution >= 0.6 is 0 Å². The summed E-state index contributed by atoms with van der Waals surface area (Å²) in [6, 6.07) is 6.27. The number of hydrogen-bond acceptors (Lipinski definition) is 4. The van der Waals surface area contributed by atoms with Crippen molar-refractivity contribution < 1.29 is 9.66 Å². The van der Waals surface area contributed by atoms with Gasteiger partial charge in [-0.05, 0) is 19.1 Å². The average molecular weight is 248 g/mol. The van der Waals surface area contributed by atoms with Crippen LogP contribution in [-0.2, 0) is 0 Å². The first-order valence-corrected chi connectivity index (χ1v) is 5.67. The molecule has 0 heterocycles. The molecule has 0 fully saturated rings. The van der Waals surface area contributed by atoms with Gasteiger partial charge in [-0.15, -0.1) is 12.3 Å². The van der Waals surface area contributed by atoms with Crippen LogP contribution in [0.4, 0.5) is 5.69 Å². The van der Waals surface area contributed by atoms with Gasteiger partial charge in [0.15, 0.2) is 0 Å². The third-order valence-electron chi connectivity index (χ3n) is 2.34. The third kappa shape index (κ3) is 4.85. The summed E-state index contributed by atoms with van der Waals surface area (Å²) in [4.78, 5) is 10.0. The van der Waals surface area contributed by atoms with E-state index in [1.807, 2.05) is 6.92 Å². The molecule has 0 bridgehead atoms. The Morgan fingerprint density at radius 2 is 2.17 bits per heavy atom. The van der Waals surface area contributed by atoms with Crippen LogP contribution in [0.1, 0.15) is 13.3 Å². The fourth-order valence-electron chi connectivity index (χ4n) is 1.39. The molecule has 5 nitrogen and oxygen atoms in total. The van der Waals surface area contributed by atoms with Crippen LogP contribution in [0.15, 0.2) is 24.3 Å². The molecule has 0 aliphatic carbocycles. The molecule has 5 heteroatoms. The predicted molar refractivity (Wildman–Crippen MR) is 69.5 cm³/mol. The van der Waals surface area contributed by atoms with Gasteiger partial charge in [0.1, 0.15) is 12.4 Å². The van der Waals surface area contributed by atoms with E-state index in [0.29, 0.717) is 25.3 Å². The molecule has 0 radical (unpaired) electrons. The van der Waals surface area contributed by atoms with Gasteiger partial charge in [-0.3, -0.25) is 10.1 Å². The van der Waals surface area contributed by atoms with Crippen molar-refractivity contribution in [1.82, 2.24) is 5.32 Å². The van der Waals surface area contributed by atoms with E-state index in [4.69, 9.17) is 11.2 Å². The third-order valence-corrected chi connectivity index (χ3v) is 2.34. The van der Waals surface area contributed by atoms with E-state index in [-0.39, 0.29) is 11.7 Å². The Morgan fingerprint density at radius 1 is 1.50 bits per heavy atom. The van der Waals surface area contributed by atoms with Gasteiger partial charge < -0.3 is 10.1 Å². The Kier molecular flexibility index (Phi) is 5.68. The monoisotopic (exact) mass is 248 g/mol. The number of benzene rings is 1. The average Bonchev–Trinajstić information content (AvgIpc) is 2.35. The quantitative estimate of drug-likeness (QED) is 0.347. The van der Waals surface area contributed by atoms with Gasteiger partial charge in [0.25, 0.3) is 5.69 Å². The van der Waals surface area contributed by atoms with Gasteiger partial charge >= 0.3 is 0 Å². The number of nitro benzene ring substituents is 1. The lowest BCUT2D eigenvalue weighted by Crippen LogP contribution is -2.29. The van der Waals surface area contributed by atoms with Crippen molar-refractivity contribution in [3.05, 3.63) is 34.4 Å². The number of non-ortho nitro benzene ring substituents is 1. The van der Waals surface area contributed by atoms with E-state index in [1.54, 1.807) is 12.1 Å². The molecule has 0 saturated carbocycles. The van der Waals surface area contributed by atoms with Crippen molar-refractivity contribution in [2.24, 2.45) is 0 Å². The molecule has 0 aromatic heterocycles. The summed E-state index contributed by atoms with van der Waals surface area (Å²) in [5.74, 6) is 3.19. The fourth-order valence-corrected chi connectivity index (χ4v) is 1.39. The molecule has 1 N–H and O–H groups in total. The Hall–Kier alpha value is -2.06. The van der Waals surface area contributed by atoms with Gasteiger partial charge in [-0.2, -0.15) is 0 Å². The van der Waals surface area contributed by atoms with Crippen LogP contribution in [0.25, 0.3) is 0 Å². The highest BCUT2D eigenvalue weighted by Crippen LogP contribution is 2.16. The summed E-state index contributed by atoms with van der Waals surface area (Å²) in [5, 5.41) is 13.7. The minimum Gasteiger partial charge on any atom is -0.492 e. The maximum absolute atomic E-state index is 10.4. The first kappa shape index (κ1) is 14.0. The van der Waals surface area contributed by atoms with Gasteiger partial charge in [0.05, 0.1) is 4.92 Å². The maximum Gasteiger partial charge on any atom is 0.269 e. The number of nitro groups is 1. The first-order valence-electron chi connectivity index (χ1n) is 5.67. The Balaban J connectivity index is 2.27. The Bertz CT molecular complexity index is 423. The SMILES string of the molecule is C#CCC(C)NCCOc1ccc([N+](=O)[O-])cc1. The molecule has 1 atom stereocenters. The highest BCUT2D eigenvalue weighted by atomic mass is 16.6. The van der Waals surface area contributed by atoms with E-state index < -0.39 is 4.92 Å². The van der Waals surface area contributed by atoms with Crippen LogP contribution in [0.3, 0.4) is 0 Å². The van der Waals surface area contributed by atoms with Crippen molar-refractivity contribution in [2.75, 3.05) is 13.2 Å². The van der Waals surface area contributed by atoms with Crippen molar-refractivity contribution >= 4 is 5.69 Å². The van der Waals surface area contributed by atoms with Gasteiger partial charge in [0.2, 0.25) is 0 Å². The van der Waals surface area contributed by atoms with E-state index in [9.17, 15) is 10.1 Å². The van der Waals surface area contributed by atoms with Crippen LogP contribution in [0, 0.1) is 22.5 Å². The Morgan fingerprint density at radius 3 is 2.72 bits per heavy atom. The highest BCUT2D eigenvalue weighted by Gasteiger charge is 2.04.